The van der Waals surface area contributed by atoms with Crippen LogP contribution in [0, 0.1) is 12.7 Å². The van der Waals surface area contributed by atoms with Crippen LogP contribution < -0.4 is 5.73 Å². The van der Waals surface area contributed by atoms with Crippen molar-refractivity contribution in [1.82, 2.24) is 15.0 Å². The first-order valence-electron chi connectivity index (χ1n) is 4.96. The van der Waals surface area contributed by atoms with Crippen molar-refractivity contribution in [2.75, 3.05) is 5.73 Å². The Hall–Kier alpha value is -1.83. The molecule has 1 heterocycles. The third-order valence-electron chi connectivity index (χ3n) is 2.51. The Bertz CT molecular complexity index is 635. The highest BCUT2D eigenvalue weighted by Gasteiger charge is 2.37. The van der Waals surface area contributed by atoms with Crippen LogP contribution in [0.25, 0.3) is 5.69 Å². The van der Waals surface area contributed by atoms with Crippen LogP contribution in [0.1, 0.15) is 11.1 Å². The smallest absolute Gasteiger partial charge is 0.396 e. The first kappa shape index (κ1) is 13.6. The molecule has 0 fully saturated rings. The maximum atomic E-state index is 13.4. The van der Waals surface area contributed by atoms with Crippen molar-refractivity contribution in [2.24, 2.45) is 0 Å². The number of aromatic nitrogens is 3. The van der Waals surface area contributed by atoms with Crippen LogP contribution in [-0.4, -0.2) is 15.0 Å². The Balaban J connectivity index is 2.80. The van der Waals surface area contributed by atoms with Gasteiger partial charge in [-0.15, -0.1) is 9.90 Å². The second kappa shape index (κ2) is 4.37. The second-order valence-corrected chi connectivity index (χ2v) is 4.13. The zero-order valence-corrected chi connectivity index (χ0v) is 10.2. The molecule has 0 atom stereocenters. The summed E-state index contributed by atoms with van der Waals surface area (Å²) in [4.78, 5) is 0.677. The molecule has 0 aliphatic carbocycles. The number of nitrogens with two attached hydrogens (primary N) is 1. The number of rotatable bonds is 1. The molecule has 1 aromatic carbocycles. The Morgan fingerprint density at radius 2 is 2.00 bits per heavy atom. The van der Waals surface area contributed by atoms with Crippen LogP contribution >= 0.6 is 11.6 Å². The predicted octanol–water partition coefficient (Wildman–Crippen LogP) is 2.97. The highest BCUT2D eigenvalue weighted by Crippen LogP contribution is 2.38. The summed E-state index contributed by atoms with van der Waals surface area (Å²) < 4.78 is 52.1. The highest BCUT2D eigenvalue weighted by molar-refractivity contribution is 6.29. The minimum atomic E-state index is -4.77. The molecular formula is C10H7ClF4N4. The molecule has 0 saturated carbocycles. The monoisotopic (exact) mass is 294 g/mol. The van der Waals surface area contributed by atoms with Gasteiger partial charge in [0.25, 0.3) is 0 Å². The zero-order valence-electron chi connectivity index (χ0n) is 9.46. The van der Waals surface area contributed by atoms with Gasteiger partial charge in [-0.25, -0.2) is 4.39 Å². The largest absolute Gasteiger partial charge is 0.418 e. The van der Waals surface area contributed by atoms with Crippen molar-refractivity contribution in [1.29, 1.82) is 0 Å². The van der Waals surface area contributed by atoms with E-state index in [0.717, 1.165) is 6.20 Å². The van der Waals surface area contributed by atoms with Crippen molar-refractivity contribution < 1.29 is 17.6 Å². The normalized spacial score (nSPS) is 11.9. The van der Waals surface area contributed by atoms with E-state index in [4.69, 9.17) is 17.3 Å². The summed E-state index contributed by atoms with van der Waals surface area (Å²) >= 11 is 5.52. The van der Waals surface area contributed by atoms with Crippen LogP contribution in [-0.2, 0) is 6.18 Å². The number of hydrogen-bond donors (Lipinski definition) is 1. The molecule has 0 bridgehead atoms. The molecule has 9 heteroatoms. The summed E-state index contributed by atoms with van der Waals surface area (Å²) in [5, 5.41) is 7.08. The fourth-order valence-electron chi connectivity index (χ4n) is 1.61. The van der Waals surface area contributed by atoms with E-state index in [1.165, 1.54) is 6.92 Å². The molecule has 102 valence electrons. The lowest BCUT2D eigenvalue weighted by atomic mass is 10.1. The first-order valence-corrected chi connectivity index (χ1v) is 5.33. The molecule has 1 aromatic heterocycles. The molecule has 0 amide bonds. The Morgan fingerprint density at radius 1 is 1.37 bits per heavy atom. The van der Waals surface area contributed by atoms with Gasteiger partial charge in [0.15, 0.2) is 5.15 Å². The summed E-state index contributed by atoms with van der Waals surface area (Å²) in [6, 6.07) is 0.314. The van der Waals surface area contributed by atoms with E-state index in [1.54, 1.807) is 0 Å². The number of nitrogens with zero attached hydrogens (tertiary/aromatic N) is 3. The number of halogens is 5. The lowest BCUT2D eigenvalue weighted by Crippen LogP contribution is -2.16. The summed E-state index contributed by atoms with van der Waals surface area (Å²) in [7, 11) is 0. The maximum Gasteiger partial charge on any atom is 0.418 e. The molecule has 0 radical (unpaired) electrons. The molecule has 19 heavy (non-hydrogen) atoms. The van der Waals surface area contributed by atoms with Gasteiger partial charge in [0, 0.05) is 5.56 Å². The molecule has 0 spiro atoms. The molecule has 0 saturated heterocycles. The topological polar surface area (TPSA) is 56.7 Å². The molecule has 2 rings (SSSR count). The molecule has 0 unspecified atom stereocenters. The minimum Gasteiger partial charge on any atom is -0.396 e. The van der Waals surface area contributed by atoms with Gasteiger partial charge in [0.1, 0.15) is 11.5 Å². The second-order valence-electron chi connectivity index (χ2n) is 3.75. The summed E-state index contributed by atoms with van der Waals surface area (Å²) in [6.45, 7) is 1.25. The predicted molar refractivity (Wildman–Crippen MR) is 60.5 cm³/mol. The summed E-state index contributed by atoms with van der Waals surface area (Å²) in [5.41, 5.74) is 3.23. The average Bonchev–Trinajstić information content (AvgIpc) is 2.70. The van der Waals surface area contributed by atoms with Crippen molar-refractivity contribution in [3.8, 4) is 5.69 Å². The SMILES string of the molecule is Cc1c(N)c(F)cc(C(F)(F)F)c1-n1ncc(Cl)n1. The maximum absolute atomic E-state index is 13.4. The van der Waals surface area contributed by atoms with Gasteiger partial charge in [0.2, 0.25) is 0 Å². The Kier molecular flexibility index (Phi) is 3.13. The van der Waals surface area contributed by atoms with E-state index in [1.807, 2.05) is 0 Å². The van der Waals surface area contributed by atoms with E-state index >= 15 is 0 Å². The van der Waals surface area contributed by atoms with Crippen molar-refractivity contribution in [2.45, 2.75) is 13.1 Å². The van der Waals surface area contributed by atoms with Gasteiger partial charge in [-0.1, -0.05) is 11.6 Å². The van der Waals surface area contributed by atoms with E-state index < -0.39 is 28.9 Å². The number of anilines is 1. The highest BCUT2D eigenvalue weighted by atomic mass is 35.5. The summed E-state index contributed by atoms with van der Waals surface area (Å²) in [5.74, 6) is -1.15. The van der Waals surface area contributed by atoms with Crippen molar-refractivity contribution >= 4 is 17.3 Å². The first-order chi connectivity index (χ1) is 8.71. The quantitative estimate of drug-likeness (QED) is 0.650. The van der Waals surface area contributed by atoms with Crippen molar-refractivity contribution in [3.05, 3.63) is 34.4 Å². The molecule has 4 nitrogen and oxygen atoms in total. The number of alkyl halides is 3. The molecule has 2 N–H and O–H groups in total. The van der Waals surface area contributed by atoms with E-state index in [2.05, 4.69) is 10.2 Å². The van der Waals surface area contributed by atoms with Crippen LogP contribution in [0.5, 0.6) is 0 Å². The fourth-order valence-corrected chi connectivity index (χ4v) is 1.72. The molecule has 0 aliphatic heterocycles. The van der Waals surface area contributed by atoms with Gasteiger partial charge < -0.3 is 5.73 Å². The van der Waals surface area contributed by atoms with Crippen LogP contribution in [0.4, 0.5) is 23.2 Å². The third kappa shape index (κ3) is 2.35. The number of benzene rings is 1. The van der Waals surface area contributed by atoms with Gasteiger partial charge >= 0.3 is 6.18 Å². The van der Waals surface area contributed by atoms with Crippen LogP contribution in [0.15, 0.2) is 12.3 Å². The number of nitrogen functional groups attached to an aromatic ring is 1. The Morgan fingerprint density at radius 3 is 2.47 bits per heavy atom. The molecule has 0 aliphatic rings. The lowest BCUT2D eigenvalue weighted by molar-refractivity contribution is -0.137. The number of hydrogen-bond acceptors (Lipinski definition) is 3. The van der Waals surface area contributed by atoms with E-state index in [0.29, 0.717) is 10.9 Å². The van der Waals surface area contributed by atoms with Crippen LogP contribution in [0.3, 0.4) is 0 Å². The zero-order chi connectivity index (χ0) is 14.4. The molecular weight excluding hydrogens is 288 g/mol. The standard InChI is InChI=1S/C10H7ClF4N4/c1-4-8(16)6(12)2-5(10(13,14)15)9(4)19-17-3-7(11)18-19/h2-3H,16H2,1H3. The lowest BCUT2D eigenvalue weighted by Gasteiger charge is -2.16. The average molecular weight is 295 g/mol. The van der Waals surface area contributed by atoms with Gasteiger partial charge in [-0.3, -0.25) is 0 Å². The van der Waals surface area contributed by atoms with Gasteiger partial charge in [-0.2, -0.15) is 18.3 Å². The Labute approximate surface area is 109 Å². The fraction of sp³-hybridized carbons (Fsp3) is 0.200. The van der Waals surface area contributed by atoms with Crippen LogP contribution in [0.2, 0.25) is 5.15 Å². The van der Waals surface area contributed by atoms with Gasteiger partial charge in [0.05, 0.1) is 17.4 Å². The minimum absolute atomic E-state index is 0.0876. The van der Waals surface area contributed by atoms with Gasteiger partial charge in [-0.05, 0) is 13.0 Å². The molecule has 2 aromatic rings. The van der Waals surface area contributed by atoms with Crippen molar-refractivity contribution in [3.63, 3.8) is 0 Å². The van der Waals surface area contributed by atoms with E-state index in [-0.39, 0.29) is 10.7 Å². The van der Waals surface area contributed by atoms with E-state index in [9.17, 15) is 17.6 Å². The summed E-state index contributed by atoms with van der Waals surface area (Å²) in [6.07, 6.45) is -3.70. The third-order valence-corrected chi connectivity index (χ3v) is 2.69.